The van der Waals surface area contributed by atoms with Gasteiger partial charge in [0.25, 0.3) is 0 Å². The second kappa shape index (κ2) is 4.68. The molecule has 0 aromatic heterocycles. The molecule has 20 heavy (non-hydrogen) atoms. The van der Waals surface area contributed by atoms with E-state index < -0.39 is 29.5 Å². The fourth-order valence-corrected chi connectivity index (χ4v) is 2.10. The molecule has 6 heteroatoms. The Morgan fingerprint density at radius 3 is 2.40 bits per heavy atom. The summed E-state index contributed by atoms with van der Waals surface area (Å²) in [6.45, 7) is 5.80. The zero-order chi connectivity index (χ0) is 15.1. The minimum absolute atomic E-state index is 0.254. The van der Waals surface area contributed by atoms with E-state index in [1.54, 1.807) is 6.07 Å². The Kier molecular flexibility index (Phi) is 3.44. The van der Waals surface area contributed by atoms with Gasteiger partial charge in [0.1, 0.15) is 6.10 Å². The number of carbonyl (C=O) groups excluding carboxylic acids is 1. The van der Waals surface area contributed by atoms with Gasteiger partial charge in [-0.2, -0.15) is 13.2 Å². The highest BCUT2D eigenvalue weighted by Crippen LogP contribution is 2.34. The number of cyclic esters (lactones) is 1. The molecule has 110 valence electrons. The van der Waals surface area contributed by atoms with Crippen molar-refractivity contribution in [3.63, 3.8) is 0 Å². The number of halogens is 3. The molecule has 1 amide bonds. The second-order valence-electron chi connectivity index (χ2n) is 5.78. The number of alkyl halides is 3. The maximum absolute atomic E-state index is 12.7. The average Bonchev–Trinajstić information content (AvgIpc) is 2.70. The topological polar surface area (TPSA) is 29.5 Å². The molecule has 0 spiro atoms. The molecule has 1 aromatic rings. The van der Waals surface area contributed by atoms with Gasteiger partial charge in [0, 0.05) is 5.54 Å². The summed E-state index contributed by atoms with van der Waals surface area (Å²) in [7, 11) is 0. The molecule has 1 fully saturated rings. The van der Waals surface area contributed by atoms with Crippen molar-refractivity contribution in [1.82, 2.24) is 4.90 Å². The lowest BCUT2D eigenvalue weighted by Gasteiger charge is -2.29. The molecule has 1 saturated heterocycles. The van der Waals surface area contributed by atoms with Crippen LogP contribution in [0.2, 0.25) is 0 Å². The molecular weight excluding hydrogens is 271 g/mol. The van der Waals surface area contributed by atoms with Gasteiger partial charge >= 0.3 is 12.3 Å². The summed E-state index contributed by atoms with van der Waals surface area (Å²) in [4.78, 5) is 13.3. The summed E-state index contributed by atoms with van der Waals surface area (Å²) in [5.74, 6) is 0. The highest BCUT2D eigenvalue weighted by atomic mass is 19.4. The summed E-state index contributed by atoms with van der Waals surface area (Å²) >= 11 is 0. The van der Waals surface area contributed by atoms with Crippen molar-refractivity contribution in [3.05, 3.63) is 35.4 Å². The Hall–Kier alpha value is -1.72. The minimum atomic E-state index is -4.40. The minimum Gasteiger partial charge on any atom is -0.439 e. The van der Waals surface area contributed by atoms with Crippen LogP contribution in [0.1, 0.15) is 38.0 Å². The van der Waals surface area contributed by atoms with Crippen LogP contribution in [0.5, 0.6) is 0 Å². The molecule has 1 aromatic carbocycles. The van der Waals surface area contributed by atoms with E-state index in [2.05, 4.69) is 0 Å². The molecule has 1 aliphatic rings. The van der Waals surface area contributed by atoms with Crippen LogP contribution in [0.15, 0.2) is 24.3 Å². The van der Waals surface area contributed by atoms with E-state index in [1.807, 2.05) is 20.8 Å². The molecule has 3 nitrogen and oxygen atoms in total. The Morgan fingerprint density at radius 1 is 1.25 bits per heavy atom. The molecule has 0 N–H and O–H groups in total. The van der Waals surface area contributed by atoms with E-state index in [0.29, 0.717) is 5.56 Å². The predicted octanol–water partition coefficient (Wildman–Crippen LogP) is 4.00. The van der Waals surface area contributed by atoms with Gasteiger partial charge in [0.2, 0.25) is 0 Å². The Morgan fingerprint density at radius 2 is 1.90 bits per heavy atom. The number of nitrogens with zero attached hydrogens (tertiary/aromatic N) is 1. The molecular formula is C14H16F3NO2. The SMILES string of the molecule is CC(C)(C)N1CC(c2cccc(C(F)(F)F)c2)OC1=O. The van der Waals surface area contributed by atoms with Crippen molar-refractivity contribution in [2.75, 3.05) is 6.54 Å². The number of hydrogen-bond donors (Lipinski definition) is 0. The van der Waals surface area contributed by atoms with Crippen molar-refractivity contribution in [2.45, 2.75) is 38.6 Å². The first-order chi connectivity index (χ1) is 9.09. The lowest BCUT2D eigenvalue weighted by Crippen LogP contribution is -2.41. The first-order valence-electron chi connectivity index (χ1n) is 6.24. The van der Waals surface area contributed by atoms with Gasteiger partial charge in [-0.3, -0.25) is 4.90 Å². The number of amides is 1. The Bertz CT molecular complexity index is 520. The van der Waals surface area contributed by atoms with Gasteiger partial charge in [0.15, 0.2) is 0 Å². The zero-order valence-corrected chi connectivity index (χ0v) is 11.5. The van der Waals surface area contributed by atoms with Crippen molar-refractivity contribution >= 4 is 6.09 Å². The summed E-state index contributed by atoms with van der Waals surface area (Å²) in [5, 5.41) is 0. The number of hydrogen-bond acceptors (Lipinski definition) is 2. The van der Waals surface area contributed by atoms with E-state index in [0.717, 1.165) is 12.1 Å². The van der Waals surface area contributed by atoms with Crippen LogP contribution >= 0.6 is 0 Å². The van der Waals surface area contributed by atoms with Crippen LogP contribution in [-0.4, -0.2) is 23.1 Å². The molecule has 2 rings (SSSR count). The Balaban J connectivity index is 2.24. The number of benzene rings is 1. The van der Waals surface area contributed by atoms with E-state index in [9.17, 15) is 18.0 Å². The lowest BCUT2D eigenvalue weighted by molar-refractivity contribution is -0.137. The van der Waals surface area contributed by atoms with Crippen molar-refractivity contribution in [2.24, 2.45) is 0 Å². The third kappa shape index (κ3) is 2.89. The Labute approximate surface area is 115 Å². The second-order valence-corrected chi connectivity index (χ2v) is 5.78. The average molecular weight is 287 g/mol. The maximum Gasteiger partial charge on any atom is 0.416 e. The number of rotatable bonds is 1. The van der Waals surface area contributed by atoms with E-state index in [4.69, 9.17) is 4.74 Å². The molecule has 1 unspecified atom stereocenters. The van der Waals surface area contributed by atoms with E-state index >= 15 is 0 Å². The first-order valence-corrected chi connectivity index (χ1v) is 6.24. The molecule has 1 aliphatic heterocycles. The fourth-order valence-electron chi connectivity index (χ4n) is 2.10. The van der Waals surface area contributed by atoms with Crippen molar-refractivity contribution in [1.29, 1.82) is 0 Å². The van der Waals surface area contributed by atoms with Crippen molar-refractivity contribution in [3.8, 4) is 0 Å². The summed E-state index contributed by atoms with van der Waals surface area (Å²) in [6, 6.07) is 4.90. The number of ether oxygens (including phenoxy) is 1. The van der Waals surface area contributed by atoms with Crippen molar-refractivity contribution < 1.29 is 22.7 Å². The van der Waals surface area contributed by atoms with Crippen LogP contribution in [0, 0.1) is 0 Å². The standard InChI is InChI=1S/C14H16F3NO2/c1-13(2,3)18-8-11(20-12(18)19)9-5-4-6-10(7-9)14(15,16)17/h4-7,11H,8H2,1-3H3. The van der Waals surface area contributed by atoms with Crippen LogP contribution in [0.25, 0.3) is 0 Å². The van der Waals surface area contributed by atoms with Crippen LogP contribution in [0.4, 0.5) is 18.0 Å². The highest BCUT2D eigenvalue weighted by molar-refractivity contribution is 5.71. The summed E-state index contributed by atoms with van der Waals surface area (Å²) < 4.78 is 43.2. The monoisotopic (exact) mass is 287 g/mol. The molecule has 0 bridgehead atoms. The normalized spacial score (nSPS) is 20.2. The quantitative estimate of drug-likeness (QED) is 0.781. The molecule has 0 aliphatic carbocycles. The molecule has 0 saturated carbocycles. The smallest absolute Gasteiger partial charge is 0.416 e. The molecule has 1 heterocycles. The van der Waals surface area contributed by atoms with Crippen LogP contribution in [0.3, 0.4) is 0 Å². The van der Waals surface area contributed by atoms with Gasteiger partial charge in [-0.05, 0) is 38.5 Å². The molecule has 0 radical (unpaired) electrons. The number of carbonyl (C=O) groups is 1. The lowest BCUT2D eigenvalue weighted by atomic mass is 10.0. The summed E-state index contributed by atoms with van der Waals surface area (Å²) in [6.07, 6.45) is -5.56. The zero-order valence-electron chi connectivity index (χ0n) is 11.5. The molecule has 1 atom stereocenters. The van der Waals surface area contributed by atoms with Crippen LogP contribution in [-0.2, 0) is 10.9 Å². The fraction of sp³-hybridized carbons (Fsp3) is 0.500. The first kappa shape index (κ1) is 14.7. The highest BCUT2D eigenvalue weighted by Gasteiger charge is 2.39. The van der Waals surface area contributed by atoms with Gasteiger partial charge in [-0.25, -0.2) is 4.79 Å². The third-order valence-corrected chi connectivity index (χ3v) is 3.21. The van der Waals surface area contributed by atoms with E-state index in [1.165, 1.54) is 11.0 Å². The van der Waals surface area contributed by atoms with E-state index in [-0.39, 0.29) is 6.54 Å². The van der Waals surface area contributed by atoms with Gasteiger partial charge in [-0.15, -0.1) is 0 Å². The maximum atomic E-state index is 12.7. The predicted molar refractivity (Wildman–Crippen MR) is 67.1 cm³/mol. The van der Waals surface area contributed by atoms with Crippen LogP contribution < -0.4 is 0 Å². The van der Waals surface area contributed by atoms with Gasteiger partial charge in [0.05, 0.1) is 12.1 Å². The largest absolute Gasteiger partial charge is 0.439 e. The van der Waals surface area contributed by atoms with Gasteiger partial charge in [-0.1, -0.05) is 12.1 Å². The third-order valence-electron chi connectivity index (χ3n) is 3.21. The van der Waals surface area contributed by atoms with Gasteiger partial charge < -0.3 is 4.74 Å². The summed E-state index contributed by atoms with van der Waals surface area (Å²) in [5.41, 5.74) is -0.798.